The molecule has 7 nitrogen and oxygen atoms in total. The fraction of sp³-hybridized carbons (Fsp3) is 0.444. The van der Waals surface area contributed by atoms with Gasteiger partial charge in [0.25, 0.3) is 5.91 Å². The predicted molar refractivity (Wildman–Crippen MR) is 97.1 cm³/mol. The van der Waals surface area contributed by atoms with Crippen LogP contribution >= 0.6 is 0 Å². The molecule has 0 aromatic carbocycles. The third-order valence-corrected chi connectivity index (χ3v) is 4.77. The molecule has 0 atom stereocenters. The van der Waals surface area contributed by atoms with E-state index < -0.39 is 0 Å². The standard InChI is InChI=1S/C18H22N6O/c25-18(15-6-8-17(22-21-15)24-11-3-4-12-24)20-16-7-5-14(13-19-16)23-9-1-2-10-23/h5-8,13H,1-4,9-12H2,(H,19,20,25). The van der Waals surface area contributed by atoms with Crippen LogP contribution in [0.5, 0.6) is 0 Å². The van der Waals surface area contributed by atoms with Crippen molar-refractivity contribution in [2.24, 2.45) is 0 Å². The van der Waals surface area contributed by atoms with Crippen LogP contribution in [-0.4, -0.2) is 47.3 Å². The van der Waals surface area contributed by atoms with Crippen molar-refractivity contribution in [1.29, 1.82) is 0 Å². The average molecular weight is 338 g/mol. The Bertz CT molecular complexity index is 718. The fourth-order valence-electron chi connectivity index (χ4n) is 3.36. The molecule has 4 heterocycles. The second-order valence-corrected chi connectivity index (χ2v) is 6.52. The van der Waals surface area contributed by atoms with E-state index in [0.717, 1.165) is 37.7 Å². The molecule has 0 aliphatic carbocycles. The van der Waals surface area contributed by atoms with E-state index in [9.17, 15) is 4.79 Å². The largest absolute Gasteiger partial charge is 0.370 e. The number of rotatable bonds is 4. The molecule has 0 saturated carbocycles. The number of nitrogens with one attached hydrogen (secondary N) is 1. The average Bonchev–Trinajstić information content (AvgIpc) is 3.36. The monoisotopic (exact) mass is 338 g/mol. The van der Waals surface area contributed by atoms with E-state index in [-0.39, 0.29) is 5.91 Å². The molecule has 2 saturated heterocycles. The lowest BCUT2D eigenvalue weighted by molar-refractivity contribution is 0.102. The first-order valence-electron chi connectivity index (χ1n) is 8.91. The van der Waals surface area contributed by atoms with E-state index in [1.165, 1.54) is 25.7 Å². The zero-order valence-corrected chi connectivity index (χ0v) is 14.2. The first kappa shape index (κ1) is 15.8. The Morgan fingerprint density at radius 3 is 2.20 bits per heavy atom. The third kappa shape index (κ3) is 3.55. The highest BCUT2D eigenvalue weighted by atomic mass is 16.2. The molecule has 130 valence electrons. The molecule has 2 fully saturated rings. The lowest BCUT2D eigenvalue weighted by Gasteiger charge is -2.17. The van der Waals surface area contributed by atoms with Gasteiger partial charge < -0.3 is 15.1 Å². The maximum atomic E-state index is 12.3. The van der Waals surface area contributed by atoms with Crippen molar-refractivity contribution >= 4 is 23.2 Å². The van der Waals surface area contributed by atoms with E-state index in [0.29, 0.717) is 11.5 Å². The zero-order chi connectivity index (χ0) is 17.1. The van der Waals surface area contributed by atoms with Gasteiger partial charge >= 0.3 is 0 Å². The van der Waals surface area contributed by atoms with Crippen molar-refractivity contribution in [1.82, 2.24) is 15.2 Å². The van der Waals surface area contributed by atoms with Crippen LogP contribution < -0.4 is 15.1 Å². The summed E-state index contributed by atoms with van der Waals surface area (Å²) in [5.74, 6) is 1.07. The molecule has 2 aromatic rings. The molecular weight excluding hydrogens is 316 g/mol. The number of carbonyl (C=O) groups excluding carboxylic acids is 1. The van der Waals surface area contributed by atoms with Crippen LogP contribution in [0.25, 0.3) is 0 Å². The van der Waals surface area contributed by atoms with Gasteiger partial charge in [0.15, 0.2) is 11.5 Å². The number of anilines is 3. The summed E-state index contributed by atoms with van der Waals surface area (Å²) in [6.07, 6.45) is 6.63. The summed E-state index contributed by atoms with van der Waals surface area (Å²) in [7, 11) is 0. The number of carbonyl (C=O) groups is 1. The highest BCUT2D eigenvalue weighted by Gasteiger charge is 2.16. The van der Waals surface area contributed by atoms with Crippen LogP contribution in [-0.2, 0) is 0 Å². The summed E-state index contributed by atoms with van der Waals surface area (Å²) in [5.41, 5.74) is 1.40. The van der Waals surface area contributed by atoms with E-state index in [2.05, 4.69) is 30.3 Å². The minimum absolute atomic E-state index is 0.290. The molecule has 1 amide bonds. The molecule has 0 radical (unpaired) electrons. The third-order valence-electron chi connectivity index (χ3n) is 4.77. The molecule has 2 aromatic heterocycles. The highest BCUT2D eigenvalue weighted by Crippen LogP contribution is 2.20. The Kier molecular flexibility index (Phi) is 4.45. The van der Waals surface area contributed by atoms with Crippen LogP contribution in [0.15, 0.2) is 30.5 Å². The maximum absolute atomic E-state index is 12.3. The minimum Gasteiger partial charge on any atom is -0.370 e. The SMILES string of the molecule is O=C(Nc1ccc(N2CCCC2)cn1)c1ccc(N2CCCC2)nn1. The molecule has 0 unspecified atom stereocenters. The zero-order valence-electron chi connectivity index (χ0n) is 14.2. The van der Waals surface area contributed by atoms with Crippen molar-refractivity contribution in [2.45, 2.75) is 25.7 Å². The minimum atomic E-state index is -0.290. The summed E-state index contributed by atoms with van der Waals surface area (Å²) >= 11 is 0. The van der Waals surface area contributed by atoms with Gasteiger partial charge in [-0.1, -0.05) is 0 Å². The van der Waals surface area contributed by atoms with Crippen molar-refractivity contribution < 1.29 is 4.79 Å². The van der Waals surface area contributed by atoms with Crippen LogP contribution in [0.4, 0.5) is 17.3 Å². The smallest absolute Gasteiger partial charge is 0.277 e. The van der Waals surface area contributed by atoms with Gasteiger partial charge in [0.2, 0.25) is 0 Å². The second-order valence-electron chi connectivity index (χ2n) is 6.52. The maximum Gasteiger partial charge on any atom is 0.277 e. The first-order chi connectivity index (χ1) is 12.3. The molecule has 25 heavy (non-hydrogen) atoms. The number of amides is 1. The molecule has 2 aliphatic heterocycles. The second kappa shape index (κ2) is 7.04. The van der Waals surface area contributed by atoms with Crippen LogP contribution in [0.3, 0.4) is 0 Å². The summed E-state index contributed by atoms with van der Waals surface area (Å²) in [4.78, 5) is 21.1. The molecule has 1 N–H and O–H groups in total. The Morgan fingerprint density at radius 2 is 1.60 bits per heavy atom. The number of pyridine rings is 1. The number of nitrogens with zero attached hydrogens (tertiary/aromatic N) is 5. The lowest BCUT2D eigenvalue weighted by atomic mass is 10.3. The molecule has 4 rings (SSSR count). The van der Waals surface area contributed by atoms with Gasteiger partial charge in [-0.2, -0.15) is 0 Å². The van der Waals surface area contributed by atoms with E-state index in [4.69, 9.17) is 0 Å². The molecule has 2 aliphatic rings. The van der Waals surface area contributed by atoms with Gasteiger partial charge in [-0.25, -0.2) is 4.98 Å². The molecule has 0 bridgehead atoms. The van der Waals surface area contributed by atoms with Gasteiger partial charge in [-0.3, -0.25) is 4.79 Å². The van der Waals surface area contributed by atoms with Crippen LogP contribution in [0.1, 0.15) is 36.2 Å². The Balaban J connectivity index is 1.39. The summed E-state index contributed by atoms with van der Waals surface area (Å²) < 4.78 is 0. The van der Waals surface area contributed by atoms with E-state index >= 15 is 0 Å². The Morgan fingerprint density at radius 1 is 0.880 bits per heavy atom. The van der Waals surface area contributed by atoms with Crippen molar-refractivity contribution in [3.63, 3.8) is 0 Å². The quantitative estimate of drug-likeness (QED) is 0.922. The predicted octanol–water partition coefficient (Wildman–Crippen LogP) is 2.32. The van der Waals surface area contributed by atoms with Gasteiger partial charge in [-0.05, 0) is 49.9 Å². The molecular formula is C18H22N6O. The van der Waals surface area contributed by atoms with Crippen LogP contribution in [0.2, 0.25) is 0 Å². The van der Waals surface area contributed by atoms with Gasteiger partial charge in [0.05, 0.1) is 11.9 Å². The van der Waals surface area contributed by atoms with Crippen LogP contribution in [0, 0.1) is 0 Å². The number of hydrogen-bond donors (Lipinski definition) is 1. The Hall–Kier alpha value is -2.70. The van der Waals surface area contributed by atoms with Crippen molar-refractivity contribution in [3.05, 3.63) is 36.2 Å². The van der Waals surface area contributed by atoms with Gasteiger partial charge in [0.1, 0.15) is 5.82 Å². The summed E-state index contributed by atoms with van der Waals surface area (Å²) in [6.45, 7) is 4.17. The van der Waals surface area contributed by atoms with Crippen molar-refractivity contribution in [2.75, 3.05) is 41.3 Å². The topological polar surface area (TPSA) is 74.2 Å². The molecule has 7 heteroatoms. The van der Waals surface area contributed by atoms with Crippen molar-refractivity contribution in [3.8, 4) is 0 Å². The first-order valence-corrected chi connectivity index (χ1v) is 8.91. The highest BCUT2D eigenvalue weighted by molar-refractivity contribution is 6.02. The normalized spacial score (nSPS) is 17.1. The van der Waals surface area contributed by atoms with Gasteiger partial charge in [0, 0.05) is 26.2 Å². The number of aromatic nitrogens is 3. The van der Waals surface area contributed by atoms with E-state index in [1.807, 2.05) is 24.4 Å². The summed E-state index contributed by atoms with van der Waals surface area (Å²) in [5, 5.41) is 11.0. The Labute approximate surface area is 147 Å². The summed E-state index contributed by atoms with van der Waals surface area (Å²) in [6, 6.07) is 7.40. The van der Waals surface area contributed by atoms with Gasteiger partial charge in [-0.15, -0.1) is 10.2 Å². The lowest BCUT2D eigenvalue weighted by Crippen LogP contribution is -2.21. The number of hydrogen-bond acceptors (Lipinski definition) is 6. The fourth-order valence-corrected chi connectivity index (χ4v) is 3.36. The van der Waals surface area contributed by atoms with E-state index in [1.54, 1.807) is 6.07 Å². The molecule has 0 spiro atoms.